The average molecular weight is 360 g/mol. The summed E-state index contributed by atoms with van der Waals surface area (Å²) in [4.78, 5) is 26.1. The molecule has 1 aliphatic heterocycles. The van der Waals surface area contributed by atoms with E-state index in [4.69, 9.17) is 9.47 Å². The number of nitrogens with zero attached hydrogens (tertiary/aromatic N) is 1. The Kier molecular flexibility index (Phi) is 4.66. The van der Waals surface area contributed by atoms with Crippen LogP contribution in [-0.4, -0.2) is 41.8 Å². The Bertz CT molecular complexity index is 469. The van der Waals surface area contributed by atoms with Crippen LogP contribution in [0.15, 0.2) is 10.6 Å². The van der Waals surface area contributed by atoms with Gasteiger partial charge in [-0.05, 0) is 50.4 Å². The zero-order valence-electron chi connectivity index (χ0n) is 12.9. The lowest BCUT2D eigenvalue weighted by Crippen LogP contribution is -2.47. The molecule has 0 aromatic heterocycles. The predicted molar refractivity (Wildman–Crippen MR) is 82.0 cm³/mol. The smallest absolute Gasteiger partial charge is 0.411 e. The van der Waals surface area contributed by atoms with Crippen LogP contribution in [0.25, 0.3) is 0 Å². The molecule has 1 amide bonds. The molecule has 0 N–H and O–H groups in total. The van der Waals surface area contributed by atoms with Gasteiger partial charge in [-0.25, -0.2) is 9.59 Å². The number of hydrogen-bond acceptors (Lipinski definition) is 4. The van der Waals surface area contributed by atoms with Crippen LogP contribution in [0.4, 0.5) is 4.79 Å². The van der Waals surface area contributed by atoms with Crippen LogP contribution in [0, 0.1) is 5.92 Å². The summed E-state index contributed by atoms with van der Waals surface area (Å²) in [5.41, 5.74) is -0.592. The van der Waals surface area contributed by atoms with Crippen molar-refractivity contribution in [2.24, 2.45) is 5.92 Å². The molecule has 2 rings (SSSR count). The van der Waals surface area contributed by atoms with E-state index in [0.29, 0.717) is 6.42 Å². The number of fused-ring (bicyclic) bond motifs is 1. The Labute approximate surface area is 133 Å². The van der Waals surface area contributed by atoms with Gasteiger partial charge in [0.15, 0.2) is 0 Å². The molecule has 5 nitrogen and oxygen atoms in total. The van der Waals surface area contributed by atoms with Crippen molar-refractivity contribution in [1.29, 1.82) is 0 Å². The van der Waals surface area contributed by atoms with Crippen molar-refractivity contribution in [1.82, 2.24) is 4.90 Å². The van der Waals surface area contributed by atoms with E-state index in [-0.39, 0.29) is 17.9 Å². The van der Waals surface area contributed by atoms with Crippen LogP contribution in [-0.2, 0) is 14.3 Å². The quantitative estimate of drug-likeness (QED) is 0.674. The minimum Gasteiger partial charge on any atom is -0.467 e. The maximum Gasteiger partial charge on any atom is 0.411 e. The molecule has 1 saturated heterocycles. The van der Waals surface area contributed by atoms with Gasteiger partial charge in [0.2, 0.25) is 0 Å². The van der Waals surface area contributed by atoms with Gasteiger partial charge in [0, 0.05) is 0 Å². The highest BCUT2D eigenvalue weighted by Gasteiger charge is 2.48. The Morgan fingerprint density at radius 2 is 2.05 bits per heavy atom. The molecule has 0 saturated carbocycles. The fourth-order valence-corrected chi connectivity index (χ4v) is 3.48. The highest BCUT2D eigenvalue weighted by Crippen LogP contribution is 2.41. The highest BCUT2D eigenvalue weighted by atomic mass is 79.9. The fourth-order valence-electron chi connectivity index (χ4n) is 2.98. The van der Waals surface area contributed by atoms with Crippen molar-refractivity contribution in [3.05, 3.63) is 10.6 Å². The lowest BCUT2D eigenvalue weighted by atomic mass is 9.89. The molecule has 0 unspecified atom stereocenters. The summed E-state index contributed by atoms with van der Waals surface area (Å²) in [5, 5.41) is 0. The molecule has 2 aliphatic rings. The average Bonchev–Trinajstić information content (AvgIpc) is 2.74. The summed E-state index contributed by atoms with van der Waals surface area (Å²) in [6.45, 7) is 5.45. The maximum absolute atomic E-state index is 12.5. The standard InChI is InChI=1S/C15H22BrNO4/c1-15(2,3)21-14(19)17-11-8-10(16)6-5-9(11)7-12(17)13(18)20-4/h8-9,11-12H,5-7H2,1-4H3/t9-,11-,12-/m0/s1. The number of likely N-dealkylation sites (tertiary alicyclic amines) is 1. The first-order valence-corrected chi connectivity index (χ1v) is 7.97. The second kappa shape index (κ2) is 5.99. The van der Waals surface area contributed by atoms with Crippen LogP contribution in [0.2, 0.25) is 0 Å². The topological polar surface area (TPSA) is 55.8 Å². The lowest BCUT2D eigenvalue weighted by Gasteiger charge is -2.32. The third-order valence-electron chi connectivity index (χ3n) is 3.85. The van der Waals surface area contributed by atoms with Gasteiger partial charge in [0.05, 0.1) is 13.2 Å². The Morgan fingerprint density at radius 3 is 2.62 bits per heavy atom. The molecule has 6 heteroatoms. The van der Waals surface area contributed by atoms with Gasteiger partial charge in [-0.1, -0.05) is 22.0 Å². The summed E-state index contributed by atoms with van der Waals surface area (Å²) in [7, 11) is 1.35. The minimum atomic E-state index is -0.592. The van der Waals surface area contributed by atoms with Crippen LogP contribution in [0.3, 0.4) is 0 Å². The zero-order chi connectivity index (χ0) is 15.8. The zero-order valence-corrected chi connectivity index (χ0v) is 14.5. The number of amides is 1. The molecule has 21 heavy (non-hydrogen) atoms. The number of carbonyl (C=O) groups excluding carboxylic acids is 2. The van der Waals surface area contributed by atoms with Gasteiger partial charge < -0.3 is 9.47 Å². The largest absolute Gasteiger partial charge is 0.467 e. The van der Waals surface area contributed by atoms with E-state index in [1.807, 2.05) is 26.8 Å². The molecule has 3 atom stereocenters. The predicted octanol–water partition coefficient (Wildman–Crippen LogP) is 3.23. The number of methoxy groups -OCH3 is 1. The summed E-state index contributed by atoms with van der Waals surface area (Å²) < 4.78 is 11.4. The van der Waals surface area contributed by atoms with Crippen molar-refractivity contribution < 1.29 is 19.1 Å². The van der Waals surface area contributed by atoms with Gasteiger partial charge in [-0.15, -0.1) is 0 Å². The lowest BCUT2D eigenvalue weighted by molar-refractivity contribution is -0.146. The van der Waals surface area contributed by atoms with Crippen molar-refractivity contribution in [2.75, 3.05) is 7.11 Å². The summed E-state index contributed by atoms with van der Waals surface area (Å²) >= 11 is 3.50. The summed E-state index contributed by atoms with van der Waals surface area (Å²) in [6, 6.07) is -0.665. The van der Waals surface area contributed by atoms with E-state index in [2.05, 4.69) is 15.9 Å². The molecule has 1 aliphatic carbocycles. The van der Waals surface area contributed by atoms with Gasteiger partial charge >= 0.3 is 12.1 Å². The van der Waals surface area contributed by atoms with Gasteiger partial charge in [0.25, 0.3) is 0 Å². The second-order valence-electron chi connectivity index (χ2n) is 6.57. The SMILES string of the molecule is COC(=O)[C@@H]1C[C@@H]2CCC(Br)=C[C@@H]2N1C(=O)OC(C)(C)C. The first kappa shape index (κ1) is 16.3. The van der Waals surface area contributed by atoms with E-state index < -0.39 is 17.7 Å². The third-order valence-corrected chi connectivity index (χ3v) is 4.51. The third kappa shape index (κ3) is 3.59. The number of halogens is 1. The molecule has 0 radical (unpaired) electrons. The number of rotatable bonds is 1. The molecule has 0 aromatic rings. The van der Waals surface area contributed by atoms with Gasteiger partial charge in [-0.3, -0.25) is 4.90 Å². The minimum absolute atomic E-state index is 0.105. The van der Waals surface area contributed by atoms with E-state index in [9.17, 15) is 9.59 Å². The van der Waals surface area contributed by atoms with E-state index in [1.165, 1.54) is 7.11 Å². The second-order valence-corrected chi connectivity index (χ2v) is 7.58. The molecule has 0 bridgehead atoms. The fraction of sp³-hybridized carbons (Fsp3) is 0.733. The Balaban J connectivity index is 2.28. The van der Waals surface area contributed by atoms with Crippen molar-refractivity contribution in [3.63, 3.8) is 0 Å². The molecular weight excluding hydrogens is 338 g/mol. The monoisotopic (exact) mass is 359 g/mol. The number of allylic oxidation sites excluding steroid dienone is 1. The number of carbonyl (C=O) groups is 2. The van der Waals surface area contributed by atoms with Crippen LogP contribution < -0.4 is 0 Å². The van der Waals surface area contributed by atoms with Crippen molar-refractivity contribution in [2.45, 2.75) is 57.7 Å². The Hall–Kier alpha value is -1.04. The highest BCUT2D eigenvalue weighted by molar-refractivity contribution is 9.11. The van der Waals surface area contributed by atoms with E-state index >= 15 is 0 Å². The molecule has 0 aromatic carbocycles. The number of hydrogen-bond donors (Lipinski definition) is 0. The molecular formula is C15H22BrNO4. The van der Waals surface area contributed by atoms with E-state index in [0.717, 1.165) is 17.3 Å². The molecule has 0 spiro atoms. The van der Waals surface area contributed by atoms with Gasteiger partial charge in [0.1, 0.15) is 11.6 Å². The Morgan fingerprint density at radius 1 is 1.38 bits per heavy atom. The number of esters is 1. The summed E-state index contributed by atoms with van der Waals surface area (Å²) in [5.74, 6) is -0.0947. The van der Waals surface area contributed by atoms with E-state index in [1.54, 1.807) is 4.90 Å². The molecule has 1 heterocycles. The van der Waals surface area contributed by atoms with Crippen molar-refractivity contribution >= 4 is 28.0 Å². The first-order valence-electron chi connectivity index (χ1n) is 7.18. The molecule has 118 valence electrons. The van der Waals surface area contributed by atoms with Crippen LogP contribution >= 0.6 is 15.9 Å². The van der Waals surface area contributed by atoms with Crippen LogP contribution in [0.1, 0.15) is 40.0 Å². The molecule has 1 fully saturated rings. The number of ether oxygens (including phenoxy) is 2. The van der Waals surface area contributed by atoms with Crippen molar-refractivity contribution in [3.8, 4) is 0 Å². The summed E-state index contributed by atoms with van der Waals surface area (Å²) in [6.07, 6.45) is 4.09. The maximum atomic E-state index is 12.5. The van der Waals surface area contributed by atoms with Crippen LogP contribution in [0.5, 0.6) is 0 Å². The first-order chi connectivity index (χ1) is 9.73. The van der Waals surface area contributed by atoms with Gasteiger partial charge in [-0.2, -0.15) is 0 Å². The normalized spacial score (nSPS) is 28.7.